The molecule has 0 saturated carbocycles. The Morgan fingerprint density at radius 3 is 2.50 bits per heavy atom. The van der Waals surface area contributed by atoms with Crippen LogP contribution in [0.4, 0.5) is 0 Å². The third-order valence-electron chi connectivity index (χ3n) is 4.59. The van der Waals surface area contributed by atoms with Gasteiger partial charge in [0.05, 0.1) is 26.3 Å². The molecule has 1 aliphatic rings. The minimum Gasteiger partial charge on any atom is -0.497 e. The lowest BCUT2D eigenvalue weighted by Gasteiger charge is -2.27. The molecule has 2 rings (SSSR count). The van der Waals surface area contributed by atoms with Crippen LogP contribution in [0.3, 0.4) is 0 Å². The van der Waals surface area contributed by atoms with Gasteiger partial charge in [-0.05, 0) is 57.5 Å². The van der Waals surface area contributed by atoms with Gasteiger partial charge in [-0.15, -0.1) is 0 Å². The summed E-state index contributed by atoms with van der Waals surface area (Å²) >= 11 is 0. The number of aliphatic imine (C=N–C) groups is 1. The van der Waals surface area contributed by atoms with Gasteiger partial charge in [0.15, 0.2) is 5.96 Å². The molecule has 6 heteroatoms. The largest absolute Gasteiger partial charge is 0.497 e. The molecular weight excluding hydrogens is 328 g/mol. The Labute approximate surface area is 158 Å². The second-order valence-corrected chi connectivity index (χ2v) is 6.38. The number of ether oxygens (including phenoxy) is 2. The molecule has 26 heavy (non-hydrogen) atoms. The van der Waals surface area contributed by atoms with E-state index < -0.39 is 0 Å². The Morgan fingerprint density at radius 2 is 1.88 bits per heavy atom. The maximum atomic E-state index is 5.39. The van der Waals surface area contributed by atoms with Crippen molar-refractivity contribution in [3.05, 3.63) is 29.8 Å². The van der Waals surface area contributed by atoms with Gasteiger partial charge in [0.2, 0.25) is 0 Å². The first-order valence-corrected chi connectivity index (χ1v) is 9.76. The van der Waals surface area contributed by atoms with Crippen LogP contribution in [0.15, 0.2) is 29.3 Å². The number of benzene rings is 1. The highest BCUT2D eigenvalue weighted by Gasteiger charge is 2.23. The van der Waals surface area contributed by atoms with Crippen molar-refractivity contribution >= 4 is 5.96 Å². The predicted octanol–water partition coefficient (Wildman–Crippen LogP) is 2.42. The lowest BCUT2D eigenvalue weighted by Crippen LogP contribution is -2.40. The van der Waals surface area contributed by atoms with Gasteiger partial charge in [-0.25, -0.2) is 0 Å². The van der Waals surface area contributed by atoms with Crippen LogP contribution >= 0.6 is 0 Å². The molecule has 0 bridgehead atoms. The van der Waals surface area contributed by atoms with Crippen LogP contribution in [0, 0.1) is 0 Å². The van der Waals surface area contributed by atoms with Crippen molar-refractivity contribution in [2.45, 2.75) is 32.7 Å². The van der Waals surface area contributed by atoms with Gasteiger partial charge in [-0.3, -0.25) is 9.89 Å². The summed E-state index contributed by atoms with van der Waals surface area (Å²) in [7, 11) is 1.70. The molecular formula is C20H34N4O2. The first-order valence-electron chi connectivity index (χ1n) is 9.76. The average Bonchev–Trinajstić information content (AvgIpc) is 3.20. The van der Waals surface area contributed by atoms with Gasteiger partial charge in [-0.2, -0.15) is 0 Å². The fourth-order valence-electron chi connectivity index (χ4n) is 3.22. The number of guanidine groups is 1. The van der Waals surface area contributed by atoms with Crippen molar-refractivity contribution in [1.82, 2.24) is 15.5 Å². The summed E-state index contributed by atoms with van der Waals surface area (Å²) < 4.78 is 10.7. The van der Waals surface area contributed by atoms with E-state index in [0.717, 1.165) is 51.0 Å². The highest BCUT2D eigenvalue weighted by atomic mass is 16.5. The Bertz CT molecular complexity index is 527. The maximum Gasteiger partial charge on any atom is 0.191 e. The molecule has 1 unspecified atom stereocenters. The molecule has 1 saturated heterocycles. The first kappa shape index (κ1) is 20.5. The zero-order chi connectivity index (χ0) is 18.6. The van der Waals surface area contributed by atoms with Crippen molar-refractivity contribution in [2.75, 3.05) is 53.0 Å². The van der Waals surface area contributed by atoms with Gasteiger partial charge in [0.1, 0.15) is 5.75 Å². The Balaban J connectivity index is 2.05. The maximum absolute atomic E-state index is 5.39. The number of nitrogens with one attached hydrogen (secondary N) is 2. The van der Waals surface area contributed by atoms with E-state index in [1.807, 2.05) is 19.1 Å². The molecule has 2 N–H and O–H groups in total. The van der Waals surface area contributed by atoms with Crippen LogP contribution in [-0.2, 0) is 4.74 Å². The van der Waals surface area contributed by atoms with Crippen LogP contribution in [0.1, 0.15) is 38.3 Å². The lowest BCUT2D eigenvalue weighted by molar-refractivity contribution is 0.152. The second kappa shape index (κ2) is 11.8. The van der Waals surface area contributed by atoms with E-state index >= 15 is 0 Å². The summed E-state index contributed by atoms with van der Waals surface area (Å²) in [6.07, 6.45) is 2.53. The number of rotatable bonds is 10. The summed E-state index contributed by atoms with van der Waals surface area (Å²) in [6, 6.07) is 8.69. The molecule has 1 aromatic rings. The molecule has 6 nitrogen and oxygen atoms in total. The molecule has 1 aliphatic heterocycles. The summed E-state index contributed by atoms with van der Waals surface area (Å²) in [5.74, 6) is 1.74. The van der Waals surface area contributed by atoms with Crippen molar-refractivity contribution < 1.29 is 9.47 Å². The third-order valence-corrected chi connectivity index (χ3v) is 4.59. The first-order chi connectivity index (χ1) is 12.8. The molecule has 1 atom stereocenters. The van der Waals surface area contributed by atoms with Gasteiger partial charge in [0, 0.05) is 19.7 Å². The van der Waals surface area contributed by atoms with Crippen LogP contribution in [0.2, 0.25) is 0 Å². The molecule has 146 valence electrons. The number of likely N-dealkylation sites (tertiary alicyclic amines) is 1. The van der Waals surface area contributed by atoms with E-state index in [-0.39, 0.29) is 0 Å². The molecule has 1 aromatic carbocycles. The van der Waals surface area contributed by atoms with Crippen molar-refractivity contribution in [2.24, 2.45) is 4.99 Å². The van der Waals surface area contributed by atoms with Crippen molar-refractivity contribution in [3.8, 4) is 5.75 Å². The van der Waals surface area contributed by atoms with E-state index in [1.54, 1.807) is 7.11 Å². The fraction of sp³-hybridized carbons (Fsp3) is 0.650. The third kappa shape index (κ3) is 6.50. The predicted molar refractivity (Wildman–Crippen MR) is 107 cm³/mol. The van der Waals surface area contributed by atoms with Crippen LogP contribution in [0.5, 0.6) is 5.75 Å². The molecule has 0 radical (unpaired) electrons. The minimum atomic E-state index is 0.297. The zero-order valence-corrected chi connectivity index (χ0v) is 16.5. The molecule has 0 aliphatic carbocycles. The van der Waals surface area contributed by atoms with Gasteiger partial charge < -0.3 is 20.1 Å². The van der Waals surface area contributed by atoms with Crippen molar-refractivity contribution in [3.63, 3.8) is 0 Å². The molecule has 1 fully saturated rings. The SMILES string of the molecule is CCNC(=NCC(c1ccc(OC)cc1)N1CCCC1)NCCOCC. The van der Waals surface area contributed by atoms with E-state index in [4.69, 9.17) is 14.5 Å². The molecule has 0 aromatic heterocycles. The minimum absolute atomic E-state index is 0.297. The number of hydrogen-bond donors (Lipinski definition) is 2. The van der Waals surface area contributed by atoms with Crippen LogP contribution < -0.4 is 15.4 Å². The summed E-state index contributed by atoms with van der Waals surface area (Å²) in [5.41, 5.74) is 1.29. The average molecular weight is 363 g/mol. The zero-order valence-electron chi connectivity index (χ0n) is 16.5. The molecule has 0 amide bonds. The van der Waals surface area contributed by atoms with Gasteiger partial charge >= 0.3 is 0 Å². The van der Waals surface area contributed by atoms with Gasteiger partial charge in [-0.1, -0.05) is 12.1 Å². The lowest BCUT2D eigenvalue weighted by atomic mass is 10.1. The van der Waals surface area contributed by atoms with E-state index in [2.05, 4.69) is 34.6 Å². The van der Waals surface area contributed by atoms with Crippen molar-refractivity contribution in [1.29, 1.82) is 0 Å². The normalized spacial score (nSPS) is 16.5. The highest BCUT2D eigenvalue weighted by molar-refractivity contribution is 5.79. The summed E-state index contributed by atoms with van der Waals surface area (Å²) in [5, 5.41) is 6.67. The summed E-state index contributed by atoms with van der Waals surface area (Å²) in [4.78, 5) is 7.38. The monoisotopic (exact) mass is 362 g/mol. The van der Waals surface area contributed by atoms with Crippen LogP contribution in [0.25, 0.3) is 0 Å². The van der Waals surface area contributed by atoms with Gasteiger partial charge in [0.25, 0.3) is 0 Å². The quantitative estimate of drug-likeness (QED) is 0.380. The van der Waals surface area contributed by atoms with Crippen LogP contribution in [-0.4, -0.2) is 63.9 Å². The van der Waals surface area contributed by atoms with E-state index in [9.17, 15) is 0 Å². The molecule has 1 heterocycles. The topological polar surface area (TPSA) is 58.1 Å². The molecule has 0 spiro atoms. The van der Waals surface area contributed by atoms with E-state index in [1.165, 1.54) is 18.4 Å². The highest BCUT2D eigenvalue weighted by Crippen LogP contribution is 2.27. The Hall–Kier alpha value is -1.79. The number of methoxy groups -OCH3 is 1. The number of nitrogens with zero attached hydrogens (tertiary/aromatic N) is 2. The Kier molecular flexibility index (Phi) is 9.28. The standard InChI is InChI=1S/C20H34N4O2/c1-4-21-20(22-12-15-26-5-2)23-16-19(24-13-6-7-14-24)17-8-10-18(25-3)11-9-17/h8-11,19H,4-7,12-16H2,1-3H3,(H2,21,22,23). The van der Waals surface area contributed by atoms with E-state index in [0.29, 0.717) is 12.6 Å². The second-order valence-electron chi connectivity index (χ2n) is 6.38. The smallest absolute Gasteiger partial charge is 0.191 e. The summed E-state index contributed by atoms with van der Waals surface area (Å²) in [6.45, 7) is 10.1. The number of hydrogen-bond acceptors (Lipinski definition) is 4. The Morgan fingerprint density at radius 1 is 1.15 bits per heavy atom. The fourth-order valence-corrected chi connectivity index (χ4v) is 3.22.